The van der Waals surface area contributed by atoms with Gasteiger partial charge >= 0.3 is 0 Å². The topological polar surface area (TPSA) is 56.3 Å². The fourth-order valence-corrected chi connectivity index (χ4v) is 2.21. The van der Waals surface area contributed by atoms with Crippen molar-refractivity contribution in [3.8, 4) is 22.9 Å². The van der Waals surface area contributed by atoms with E-state index in [2.05, 4.69) is 31.2 Å². The van der Waals surface area contributed by atoms with Crippen LogP contribution in [-0.2, 0) is 0 Å². The molecule has 0 aliphatic carbocycles. The van der Waals surface area contributed by atoms with Crippen LogP contribution in [0.1, 0.15) is 5.69 Å². The van der Waals surface area contributed by atoms with E-state index in [1.807, 2.05) is 32.2 Å². The van der Waals surface area contributed by atoms with Crippen LogP contribution in [0.2, 0.25) is 0 Å². The lowest BCUT2D eigenvalue weighted by atomic mass is 10.1. The van der Waals surface area contributed by atoms with E-state index < -0.39 is 0 Å². The zero-order valence-corrected chi connectivity index (χ0v) is 13.4. The third-order valence-corrected chi connectivity index (χ3v) is 3.85. The summed E-state index contributed by atoms with van der Waals surface area (Å²) in [5, 5.41) is 3.04. The highest BCUT2D eigenvalue weighted by molar-refractivity contribution is 9.10. The second-order valence-corrected chi connectivity index (χ2v) is 4.90. The summed E-state index contributed by atoms with van der Waals surface area (Å²) in [5.74, 6) is 2.76. The monoisotopic (exact) mass is 337 g/mol. The van der Waals surface area contributed by atoms with E-state index in [4.69, 9.17) is 9.47 Å². The average Bonchev–Trinajstić information content (AvgIpc) is 2.49. The van der Waals surface area contributed by atoms with Gasteiger partial charge in [-0.2, -0.15) is 0 Å². The molecular weight excluding hydrogens is 322 g/mol. The normalized spacial score (nSPS) is 10.2. The number of rotatable bonds is 4. The van der Waals surface area contributed by atoms with Gasteiger partial charge in [-0.05, 0) is 41.1 Å². The number of methoxy groups -OCH3 is 2. The fraction of sp³-hybridized carbons (Fsp3) is 0.286. The number of nitrogens with one attached hydrogen (secondary N) is 1. The van der Waals surface area contributed by atoms with Crippen LogP contribution in [0.3, 0.4) is 0 Å². The molecule has 2 aromatic rings. The minimum Gasteiger partial charge on any atom is -0.497 e. The van der Waals surface area contributed by atoms with Crippen LogP contribution in [0, 0.1) is 6.92 Å². The van der Waals surface area contributed by atoms with Gasteiger partial charge in [0.15, 0.2) is 5.82 Å². The molecule has 106 valence electrons. The Balaban J connectivity index is 2.63. The Hall–Kier alpha value is -1.82. The summed E-state index contributed by atoms with van der Waals surface area (Å²) >= 11 is 3.47. The highest BCUT2D eigenvalue weighted by Crippen LogP contribution is 2.33. The number of hydrogen-bond acceptors (Lipinski definition) is 5. The van der Waals surface area contributed by atoms with Crippen LogP contribution >= 0.6 is 15.9 Å². The third-order valence-electron chi connectivity index (χ3n) is 2.90. The van der Waals surface area contributed by atoms with E-state index in [0.717, 1.165) is 27.3 Å². The standard InChI is InChI=1S/C14H16BrN3O2/c1-8-12(15)14(16-2)18-13(17-8)10-7-9(19-3)5-6-11(10)20-4/h5-7H,1-4H3,(H,16,17,18). The van der Waals surface area contributed by atoms with Gasteiger partial charge in [0.25, 0.3) is 0 Å². The maximum absolute atomic E-state index is 5.38. The van der Waals surface area contributed by atoms with Crippen molar-refractivity contribution < 1.29 is 9.47 Å². The van der Waals surface area contributed by atoms with Gasteiger partial charge < -0.3 is 14.8 Å². The first-order chi connectivity index (χ1) is 9.60. The van der Waals surface area contributed by atoms with Crippen molar-refractivity contribution in [2.45, 2.75) is 6.92 Å². The summed E-state index contributed by atoms with van der Waals surface area (Å²) in [4.78, 5) is 9.00. The molecule has 0 saturated heterocycles. The largest absolute Gasteiger partial charge is 0.497 e. The van der Waals surface area contributed by atoms with Gasteiger partial charge in [-0.3, -0.25) is 0 Å². The van der Waals surface area contributed by atoms with Crippen molar-refractivity contribution in [1.29, 1.82) is 0 Å². The zero-order valence-electron chi connectivity index (χ0n) is 11.8. The lowest BCUT2D eigenvalue weighted by Gasteiger charge is -2.12. The lowest BCUT2D eigenvalue weighted by molar-refractivity contribution is 0.404. The molecule has 0 aliphatic heterocycles. The van der Waals surface area contributed by atoms with E-state index in [-0.39, 0.29) is 0 Å². The highest BCUT2D eigenvalue weighted by atomic mass is 79.9. The van der Waals surface area contributed by atoms with Crippen LogP contribution in [0.5, 0.6) is 11.5 Å². The Morgan fingerprint density at radius 2 is 1.90 bits per heavy atom. The molecule has 0 bridgehead atoms. The Morgan fingerprint density at radius 3 is 2.50 bits per heavy atom. The van der Waals surface area contributed by atoms with Crippen LogP contribution in [0.4, 0.5) is 5.82 Å². The van der Waals surface area contributed by atoms with Gasteiger partial charge in [0.1, 0.15) is 17.3 Å². The number of nitrogens with zero attached hydrogens (tertiary/aromatic N) is 2. The molecule has 0 spiro atoms. The predicted molar refractivity (Wildman–Crippen MR) is 82.6 cm³/mol. The average molecular weight is 338 g/mol. The number of halogens is 1. The molecule has 2 rings (SSSR count). The second-order valence-electron chi connectivity index (χ2n) is 4.11. The van der Waals surface area contributed by atoms with E-state index in [1.54, 1.807) is 14.2 Å². The van der Waals surface area contributed by atoms with Crippen molar-refractivity contribution in [2.75, 3.05) is 26.6 Å². The molecule has 0 fully saturated rings. The smallest absolute Gasteiger partial charge is 0.165 e. The number of aryl methyl sites for hydroxylation is 1. The summed E-state index contributed by atoms with van der Waals surface area (Å²) in [7, 11) is 5.06. The van der Waals surface area contributed by atoms with E-state index in [1.165, 1.54) is 0 Å². The molecule has 0 aliphatic rings. The molecule has 0 unspecified atom stereocenters. The highest BCUT2D eigenvalue weighted by Gasteiger charge is 2.14. The van der Waals surface area contributed by atoms with Crippen molar-refractivity contribution in [2.24, 2.45) is 0 Å². The quantitative estimate of drug-likeness (QED) is 0.927. The number of hydrogen-bond donors (Lipinski definition) is 1. The number of aromatic nitrogens is 2. The molecule has 0 amide bonds. The first-order valence-corrected chi connectivity index (χ1v) is 6.84. The Kier molecular flexibility index (Phi) is 4.44. The SMILES string of the molecule is CNc1nc(-c2cc(OC)ccc2OC)nc(C)c1Br. The summed E-state index contributed by atoms with van der Waals surface area (Å²) in [6.07, 6.45) is 0. The van der Waals surface area contributed by atoms with Gasteiger partial charge in [0.05, 0.1) is 29.9 Å². The third kappa shape index (κ3) is 2.70. The maximum atomic E-state index is 5.38. The predicted octanol–water partition coefficient (Wildman–Crippen LogP) is 3.27. The summed E-state index contributed by atoms with van der Waals surface area (Å²) in [6.45, 7) is 1.92. The van der Waals surface area contributed by atoms with Crippen molar-refractivity contribution in [3.05, 3.63) is 28.4 Å². The summed E-state index contributed by atoms with van der Waals surface area (Å²) in [5.41, 5.74) is 1.64. The molecule has 0 radical (unpaired) electrons. The van der Waals surface area contributed by atoms with Crippen LogP contribution < -0.4 is 14.8 Å². The number of anilines is 1. The van der Waals surface area contributed by atoms with E-state index >= 15 is 0 Å². The molecule has 1 aromatic heterocycles. The molecule has 1 aromatic carbocycles. The Bertz CT molecular complexity index is 632. The van der Waals surface area contributed by atoms with Crippen LogP contribution in [0.25, 0.3) is 11.4 Å². The molecule has 1 heterocycles. The second kappa shape index (κ2) is 6.09. The summed E-state index contributed by atoms with van der Waals surface area (Å²) < 4.78 is 11.5. The van der Waals surface area contributed by atoms with Gasteiger partial charge in [0, 0.05) is 7.05 Å². The van der Waals surface area contributed by atoms with Gasteiger partial charge in [0.2, 0.25) is 0 Å². The molecule has 5 nitrogen and oxygen atoms in total. The Labute approximate surface area is 126 Å². The molecule has 1 N–H and O–H groups in total. The van der Waals surface area contributed by atoms with Crippen molar-refractivity contribution in [3.63, 3.8) is 0 Å². The lowest BCUT2D eigenvalue weighted by Crippen LogP contribution is -2.02. The molecule has 6 heteroatoms. The van der Waals surface area contributed by atoms with Crippen molar-refractivity contribution in [1.82, 2.24) is 9.97 Å². The Morgan fingerprint density at radius 1 is 1.15 bits per heavy atom. The van der Waals surface area contributed by atoms with Gasteiger partial charge in [-0.1, -0.05) is 0 Å². The van der Waals surface area contributed by atoms with Gasteiger partial charge in [-0.25, -0.2) is 9.97 Å². The van der Waals surface area contributed by atoms with Crippen LogP contribution in [0.15, 0.2) is 22.7 Å². The van der Waals surface area contributed by atoms with Crippen molar-refractivity contribution >= 4 is 21.7 Å². The minimum absolute atomic E-state index is 0.589. The van der Waals surface area contributed by atoms with Crippen LogP contribution in [-0.4, -0.2) is 31.2 Å². The molecule has 20 heavy (non-hydrogen) atoms. The van der Waals surface area contributed by atoms with E-state index in [9.17, 15) is 0 Å². The van der Waals surface area contributed by atoms with Gasteiger partial charge in [-0.15, -0.1) is 0 Å². The molecule has 0 atom stereocenters. The first kappa shape index (κ1) is 14.6. The fourth-order valence-electron chi connectivity index (χ4n) is 1.83. The van der Waals surface area contributed by atoms with E-state index in [0.29, 0.717) is 11.6 Å². The minimum atomic E-state index is 0.589. The molecular formula is C14H16BrN3O2. The number of ether oxygens (including phenoxy) is 2. The zero-order chi connectivity index (χ0) is 14.7. The first-order valence-electron chi connectivity index (χ1n) is 6.05. The number of benzene rings is 1. The molecule has 0 saturated carbocycles. The summed E-state index contributed by atoms with van der Waals surface area (Å²) in [6, 6.07) is 5.54. The maximum Gasteiger partial charge on any atom is 0.165 e.